The van der Waals surface area contributed by atoms with Crippen LogP contribution >= 0.6 is 0 Å². The lowest BCUT2D eigenvalue weighted by molar-refractivity contribution is 0.0755. The van der Waals surface area contributed by atoms with Crippen molar-refractivity contribution in [1.29, 1.82) is 0 Å². The first-order chi connectivity index (χ1) is 23.9. The molecule has 0 aliphatic carbocycles. The summed E-state index contributed by atoms with van der Waals surface area (Å²) in [5.74, 6) is 0.283. The third kappa shape index (κ3) is 9.31. The van der Waals surface area contributed by atoms with Crippen LogP contribution in [0, 0.1) is 0 Å². The molecule has 254 valence electrons. The van der Waals surface area contributed by atoms with Gasteiger partial charge in [0.05, 0.1) is 24.8 Å². The average molecular weight is 659 g/mol. The Hall–Kier alpha value is -5.05. The standard InChI is InChI=1S/C41H46N4O4/c1-4-20-45(21-5-2)41(48)34-25-32(36-18-10-15-31-16-11-19-43-39(31)36)24-33(26-34)40(47)44-37(23-29-12-7-6-8-13-29)38(46)28-42-27-30-14-9-17-35(22-30)49-3/h6-19,22,24-26,37-38,42,46H,4-5,20-21,23,27-28H2,1-3H3,(H,44,47)/t37-,38+/m0/s1. The number of carbonyl (C=O) groups is 2. The fourth-order valence-electron chi connectivity index (χ4n) is 6.10. The van der Waals surface area contributed by atoms with Crippen molar-refractivity contribution in [3.8, 4) is 16.9 Å². The highest BCUT2D eigenvalue weighted by Crippen LogP contribution is 2.29. The van der Waals surface area contributed by atoms with Gasteiger partial charge in [-0.3, -0.25) is 14.6 Å². The molecule has 5 aromatic rings. The largest absolute Gasteiger partial charge is 0.497 e. The third-order valence-corrected chi connectivity index (χ3v) is 8.56. The van der Waals surface area contributed by atoms with Crippen molar-refractivity contribution < 1.29 is 19.4 Å². The minimum Gasteiger partial charge on any atom is -0.497 e. The van der Waals surface area contributed by atoms with Gasteiger partial charge in [-0.2, -0.15) is 0 Å². The maximum absolute atomic E-state index is 14.2. The summed E-state index contributed by atoms with van der Waals surface area (Å²) in [6.45, 7) is 6.14. The summed E-state index contributed by atoms with van der Waals surface area (Å²) >= 11 is 0. The van der Waals surface area contributed by atoms with Crippen LogP contribution < -0.4 is 15.4 Å². The van der Waals surface area contributed by atoms with E-state index in [4.69, 9.17) is 4.74 Å². The summed E-state index contributed by atoms with van der Waals surface area (Å²) in [7, 11) is 1.63. The third-order valence-electron chi connectivity index (χ3n) is 8.56. The maximum atomic E-state index is 14.2. The van der Waals surface area contributed by atoms with Crippen LogP contribution in [0.5, 0.6) is 5.75 Å². The van der Waals surface area contributed by atoms with Gasteiger partial charge in [-0.15, -0.1) is 0 Å². The minimum atomic E-state index is -0.897. The molecule has 2 amide bonds. The number of fused-ring (bicyclic) bond motifs is 1. The molecule has 0 aliphatic heterocycles. The predicted molar refractivity (Wildman–Crippen MR) is 196 cm³/mol. The zero-order chi connectivity index (χ0) is 34.6. The van der Waals surface area contributed by atoms with Crippen LogP contribution in [0.2, 0.25) is 0 Å². The number of ether oxygens (including phenoxy) is 1. The molecular weight excluding hydrogens is 612 g/mol. The molecule has 0 unspecified atom stereocenters. The van der Waals surface area contributed by atoms with Gasteiger partial charge in [0, 0.05) is 54.5 Å². The van der Waals surface area contributed by atoms with E-state index >= 15 is 0 Å². The molecule has 0 saturated carbocycles. The SMILES string of the molecule is CCCN(CCC)C(=O)c1cc(C(=O)N[C@@H](Cc2ccccc2)[C@H](O)CNCc2cccc(OC)c2)cc(-c2cccc3cccnc23)c1. The van der Waals surface area contributed by atoms with E-state index in [9.17, 15) is 14.7 Å². The lowest BCUT2D eigenvalue weighted by Crippen LogP contribution is -2.48. The van der Waals surface area contributed by atoms with Gasteiger partial charge in [0.1, 0.15) is 5.75 Å². The van der Waals surface area contributed by atoms with E-state index in [2.05, 4.69) is 29.5 Å². The topological polar surface area (TPSA) is 104 Å². The number of carbonyl (C=O) groups excluding carboxylic acids is 2. The summed E-state index contributed by atoms with van der Waals surface area (Å²) in [5, 5.41) is 18.9. The van der Waals surface area contributed by atoms with Gasteiger partial charge in [-0.25, -0.2) is 0 Å². The number of benzene rings is 4. The van der Waals surface area contributed by atoms with Gasteiger partial charge >= 0.3 is 0 Å². The fraction of sp³-hybridized carbons (Fsp3) is 0.293. The molecule has 8 nitrogen and oxygen atoms in total. The number of methoxy groups -OCH3 is 1. The normalized spacial score (nSPS) is 12.3. The van der Waals surface area contributed by atoms with Crippen LogP contribution in [-0.4, -0.2) is 65.7 Å². The van der Waals surface area contributed by atoms with Crippen LogP contribution in [0.15, 0.2) is 109 Å². The highest BCUT2D eigenvalue weighted by atomic mass is 16.5. The van der Waals surface area contributed by atoms with Gasteiger partial charge in [0.25, 0.3) is 11.8 Å². The van der Waals surface area contributed by atoms with E-state index in [1.165, 1.54) is 0 Å². The van der Waals surface area contributed by atoms with E-state index in [-0.39, 0.29) is 18.4 Å². The number of nitrogens with zero attached hydrogens (tertiary/aromatic N) is 2. The predicted octanol–water partition coefficient (Wildman–Crippen LogP) is 6.66. The molecule has 0 spiro atoms. The van der Waals surface area contributed by atoms with Crippen molar-refractivity contribution in [3.63, 3.8) is 0 Å². The molecule has 4 aromatic carbocycles. The number of nitrogens with one attached hydrogen (secondary N) is 2. The molecule has 1 aromatic heterocycles. The minimum absolute atomic E-state index is 0.115. The van der Waals surface area contributed by atoms with E-state index in [0.29, 0.717) is 37.2 Å². The molecule has 0 bridgehead atoms. The lowest BCUT2D eigenvalue weighted by atomic mass is 9.96. The molecule has 0 fully saturated rings. The van der Waals surface area contributed by atoms with Crippen molar-refractivity contribution in [2.75, 3.05) is 26.7 Å². The van der Waals surface area contributed by atoms with Crippen LogP contribution in [0.3, 0.4) is 0 Å². The molecule has 2 atom stereocenters. The Kier molecular flexibility index (Phi) is 12.5. The number of aliphatic hydroxyl groups is 1. The quantitative estimate of drug-likeness (QED) is 0.110. The Bertz CT molecular complexity index is 1830. The Morgan fingerprint density at radius 3 is 2.31 bits per heavy atom. The summed E-state index contributed by atoms with van der Waals surface area (Å²) < 4.78 is 5.34. The molecule has 5 rings (SSSR count). The van der Waals surface area contributed by atoms with Crippen molar-refractivity contribution in [2.45, 2.75) is 51.8 Å². The van der Waals surface area contributed by atoms with E-state index in [0.717, 1.165) is 51.7 Å². The number of amides is 2. The smallest absolute Gasteiger partial charge is 0.253 e. The van der Waals surface area contributed by atoms with Gasteiger partial charge in [-0.1, -0.05) is 80.6 Å². The first-order valence-corrected chi connectivity index (χ1v) is 17.0. The lowest BCUT2D eigenvalue weighted by Gasteiger charge is -2.26. The highest BCUT2D eigenvalue weighted by Gasteiger charge is 2.25. The number of aromatic nitrogens is 1. The Morgan fingerprint density at radius 2 is 1.55 bits per heavy atom. The molecule has 0 saturated heterocycles. The van der Waals surface area contributed by atoms with E-state index in [1.54, 1.807) is 19.4 Å². The second kappa shape index (κ2) is 17.4. The average Bonchev–Trinajstić information content (AvgIpc) is 3.14. The summed E-state index contributed by atoms with van der Waals surface area (Å²) in [6.07, 6.45) is 2.93. The van der Waals surface area contributed by atoms with Gasteiger partial charge in [0.15, 0.2) is 0 Å². The van der Waals surface area contributed by atoms with Crippen molar-refractivity contribution >= 4 is 22.7 Å². The van der Waals surface area contributed by atoms with Gasteiger partial charge in [0.2, 0.25) is 0 Å². The molecule has 8 heteroatoms. The Balaban J connectivity index is 1.46. The summed E-state index contributed by atoms with van der Waals surface area (Å²) in [5.41, 5.74) is 5.15. The van der Waals surface area contributed by atoms with Crippen LogP contribution in [-0.2, 0) is 13.0 Å². The Morgan fingerprint density at radius 1 is 0.837 bits per heavy atom. The molecule has 0 radical (unpaired) electrons. The second-order valence-electron chi connectivity index (χ2n) is 12.3. The monoisotopic (exact) mass is 658 g/mol. The van der Waals surface area contributed by atoms with E-state index < -0.39 is 12.1 Å². The van der Waals surface area contributed by atoms with Crippen LogP contribution in [0.25, 0.3) is 22.0 Å². The first-order valence-electron chi connectivity index (χ1n) is 17.0. The fourth-order valence-corrected chi connectivity index (χ4v) is 6.10. The van der Waals surface area contributed by atoms with Gasteiger partial charge in [-0.05, 0) is 72.4 Å². The molecule has 1 heterocycles. The van der Waals surface area contributed by atoms with E-state index in [1.807, 2.05) is 102 Å². The second-order valence-corrected chi connectivity index (χ2v) is 12.3. The number of hydrogen-bond donors (Lipinski definition) is 3. The highest BCUT2D eigenvalue weighted by molar-refractivity contribution is 6.03. The number of para-hydroxylation sites is 1. The number of pyridine rings is 1. The molecular formula is C41H46N4O4. The summed E-state index contributed by atoms with van der Waals surface area (Å²) in [4.78, 5) is 34.6. The Labute approximate surface area is 289 Å². The van der Waals surface area contributed by atoms with Crippen molar-refractivity contribution in [3.05, 3.63) is 132 Å². The zero-order valence-corrected chi connectivity index (χ0v) is 28.6. The zero-order valence-electron chi connectivity index (χ0n) is 28.6. The number of aliphatic hydroxyl groups excluding tert-OH is 1. The molecule has 49 heavy (non-hydrogen) atoms. The van der Waals surface area contributed by atoms with Gasteiger partial charge < -0.3 is 25.4 Å². The molecule has 0 aliphatic rings. The van der Waals surface area contributed by atoms with Crippen LogP contribution in [0.1, 0.15) is 58.5 Å². The number of hydrogen-bond acceptors (Lipinski definition) is 6. The van der Waals surface area contributed by atoms with Crippen LogP contribution in [0.4, 0.5) is 0 Å². The maximum Gasteiger partial charge on any atom is 0.253 e. The summed E-state index contributed by atoms with van der Waals surface area (Å²) in [6, 6.07) is 32.1. The number of rotatable bonds is 16. The first kappa shape index (κ1) is 35.3. The van der Waals surface area contributed by atoms with Crippen molar-refractivity contribution in [2.24, 2.45) is 0 Å². The van der Waals surface area contributed by atoms with Crippen molar-refractivity contribution in [1.82, 2.24) is 20.5 Å². The molecule has 3 N–H and O–H groups in total.